The standard InChI is InChI=1S/C23H21ClN4O4S/c1-3-30-21-13-16(12-17(14-25)22(29)26-23-28-27-15(2)33-23)8-9-20(21)32-11-10-31-19-7-5-4-6-18(19)24/h4-9,12-13H,3,10-11H2,1-2H3,(H,26,28,29). The van der Waals surface area contributed by atoms with Gasteiger partial charge in [0.15, 0.2) is 11.5 Å². The maximum atomic E-state index is 12.4. The normalized spacial score (nSPS) is 10.9. The van der Waals surface area contributed by atoms with Gasteiger partial charge in [-0.15, -0.1) is 10.2 Å². The quantitative estimate of drug-likeness (QED) is 0.248. The number of hydrogen-bond donors (Lipinski definition) is 1. The van der Waals surface area contributed by atoms with E-state index in [0.29, 0.717) is 51.2 Å². The number of nitriles is 1. The number of benzene rings is 2. The molecule has 0 spiro atoms. The first kappa shape index (κ1) is 24.0. The second-order valence-corrected chi connectivity index (χ2v) is 8.11. The number of halogens is 1. The van der Waals surface area contributed by atoms with Gasteiger partial charge in [0, 0.05) is 0 Å². The van der Waals surface area contributed by atoms with Gasteiger partial charge in [-0.05, 0) is 49.8 Å². The van der Waals surface area contributed by atoms with Crippen molar-refractivity contribution < 1.29 is 19.0 Å². The maximum Gasteiger partial charge on any atom is 0.268 e. The lowest BCUT2D eigenvalue weighted by molar-refractivity contribution is -0.112. The minimum atomic E-state index is -0.566. The van der Waals surface area contributed by atoms with E-state index in [4.69, 9.17) is 25.8 Å². The molecule has 33 heavy (non-hydrogen) atoms. The molecular weight excluding hydrogens is 464 g/mol. The minimum absolute atomic E-state index is 0.0768. The van der Waals surface area contributed by atoms with Gasteiger partial charge in [-0.25, -0.2) is 0 Å². The van der Waals surface area contributed by atoms with Gasteiger partial charge in [-0.2, -0.15) is 5.26 Å². The van der Waals surface area contributed by atoms with Gasteiger partial charge in [0.05, 0.1) is 11.6 Å². The molecule has 1 N–H and O–H groups in total. The smallest absolute Gasteiger partial charge is 0.268 e. The Hall–Kier alpha value is -3.61. The van der Waals surface area contributed by atoms with Crippen molar-refractivity contribution >= 4 is 40.1 Å². The predicted molar refractivity (Wildman–Crippen MR) is 127 cm³/mol. The molecule has 1 amide bonds. The van der Waals surface area contributed by atoms with Crippen molar-refractivity contribution in [2.24, 2.45) is 0 Å². The third kappa shape index (κ3) is 6.94. The van der Waals surface area contributed by atoms with E-state index in [1.807, 2.05) is 25.1 Å². The van der Waals surface area contributed by atoms with Gasteiger partial charge in [-0.1, -0.05) is 41.1 Å². The summed E-state index contributed by atoms with van der Waals surface area (Å²) < 4.78 is 17.1. The van der Waals surface area contributed by atoms with Crippen molar-refractivity contribution in [2.75, 3.05) is 25.1 Å². The number of para-hydroxylation sites is 1. The van der Waals surface area contributed by atoms with Crippen molar-refractivity contribution in [3.8, 4) is 23.3 Å². The van der Waals surface area contributed by atoms with Crippen LogP contribution in [0.3, 0.4) is 0 Å². The van der Waals surface area contributed by atoms with Gasteiger partial charge in [0.2, 0.25) is 5.13 Å². The average Bonchev–Trinajstić information content (AvgIpc) is 3.21. The van der Waals surface area contributed by atoms with E-state index in [0.717, 1.165) is 0 Å². The number of ether oxygens (including phenoxy) is 3. The van der Waals surface area contributed by atoms with Crippen LogP contribution in [-0.2, 0) is 4.79 Å². The van der Waals surface area contributed by atoms with Crippen LogP contribution in [0.25, 0.3) is 6.08 Å². The topological polar surface area (TPSA) is 106 Å². The van der Waals surface area contributed by atoms with E-state index in [-0.39, 0.29) is 12.2 Å². The molecule has 0 aliphatic rings. The molecule has 170 valence electrons. The van der Waals surface area contributed by atoms with Gasteiger partial charge in [-0.3, -0.25) is 10.1 Å². The van der Waals surface area contributed by atoms with E-state index < -0.39 is 5.91 Å². The Morgan fingerprint density at radius 1 is 1.12 bits per heavy atom. The number of hydrogen-bond acceptors (Lipinski definition) is 8. The van der Waals surface area contributed by atoms with Crippen molar-refractivity contribution in [2.45, 2.75) is 13.8 Å². The highest BCUT2D eigenvalue weighted by molar-refractivity contribution is 7.15. The third-order valence-electron chi connectivity index (χ3n) is 4.13. The zero-order valence-corrected chi connectivity index (χ0v) is 19.6. The molecule has 0 unspecified atom stereocenters. The summed E-state index contributed by atoms with van der Waals surface area (Å²) in [5, 5.41) is 21.3. The molecule has 0 bridgehead atoms. The second kappa shape index (κ2) is 11.9. The highest BCUT2D eigenvalue weighted by atomic mass is 35.5. The van der Waals surface area contributed by atoms with Crippen LogP contribution in [0.5, 0.6) is 17.2 Å². The molecule has 0 aliphatic carbocycles. The Balaban J connectivity index is 1.66. The molecule has 1 aromatic heterocycles. The maximum absolute atomic E-state index is 12.4. The monoisotopic (exact) mass is 484 g/mol. The largest absolute Gasteiger partial charge is 0.490 e. The Bertz CT molecular complexity index is 1190. The fraction of sp³-hybridized carbons (Fsp3) is 0.217. The summed E-state index contributed by atoms with van der Waals surface area (Å²) in [6.07, 6.45) is 1.47. The van der Waals surface area contributed by atoms with Crippen LogP contribution in [0, 0.1) is 18.3 Å². The number of carbonyl (C=O) groups is 1. The number of aryl methyl sites for hydroxylation is 1. The second-order valence-electron chi connectivity index (χ2n) is 6.52. The summed E-state index contributed by atoms with van der Waals surface area (Å²) in [7, 11) is 0. The summed E-state index contributed by atoms with van der Waals surface area (Å²) in [6.45, 7) is 4.61. The van der Waals surface area contributed by atoms with Crippen molar-refractivity contribution in [1.82, 2.24) is 10.2 Å². The van der Waals surface area contributed by atoms with Crippen molar-refractivity contribution in [1.29, 1.82) is 5.26 Å². The lowest BCUT2D eigenvalue weighted by atomic mass is 10.1. The van der Waals surface area contributed by atoms with Crippen LogP contribution < -0.4 is 19.5 Å². The summed E-state index contributed by atoms with van der Waals surface area (Å²) in [5.41, 5.74) is 0.533. The molecule has 3 aromatic rings. The SMILES string of the molecule is CCOc1cc(C=C(C#N)C(=O)Nc2nnc(C)s2)ccc1OCCOc1ccccc1Cl. The molecule has 0 aliphatic heterocycles. The molecule has 3 rings (SSSR count). The first-order valence-electron chi connectivity index (χ1n) is 10.0. The lowest BCUT2D eigenvalue weighted by Gasteiger charge is -2.13. The highest BCUT2D eigenvalue weighted by Crippen LogP contribution is 2.30. The molecule has 0 saturated carbocycles. The highest BCUT2D eigenvalue weighted by Gasteiger charge is 2.13. The number of anilines is 1. The van der Waals surface area contributed by atoms with Crippen LogP contribution in [0.2, 0.25) is 5.02 Å². The first-order valence-corrected chi connectivity index (χ1v) is 11.2. The van der Waals surface area contributed by atoms with Gasteiger partial charge >= 0.3 is 0 Å². The number of amides is 1. The zero-order chi connectivity index (χ0) is 23.6. The molecule has 0 saturated heterocycles. The summed E-state index contributed by atoms with van der Waals surface area (Å²) in [6, 6.07) is 14.3. The number of nitrogens with zero attached hydrogens (tertiary/aromatic N) is 3. The van der Waals surface area contributed by atoms with Crippen LogP contribution in [-0.4, -0.2) is 35.9 Å². The summed E-state index contributed by atoms with van der Waals surface area (Å²) >= 11 is 7.30. The fourth-order valence-electron chi connectivity index (χ4n) is 2.69. The van der Waals surface area contributed by atoms with Crippen LogP contribution in [0.4, 0.5) is 5.13 Å². The Morgan fingerprint density at radius 2 is 1.88 bits per heavy atom. The lowest BCUT2D eigenvalue weighted by Crippen LogP contribution is -2.13. The summed E-state index contributed by atoms with van der Waals surface area (Å²) in [4.78, 5) is 12.4. The molecular formula is C23H21ClN4O4S. The van der Waals surface area contributed by atoms with Gasteiger partial charge in [0.25, 0.3) is 5.91 Å². The molecule has 1 heterocycles. The number of aromatic nitrogens is 2. The molecule has 0 radical (unpaired) electrons. The van der Waals surface area contributed by atoms with Gasteiger partial charge in [0.1, 0.15) is 35.6 Å². The van der Waals surface area contributed by atoms with E-state index in [1.54, 1.807) is 37.3 Å². The van der Waals surface area contributed by atoms with E-state index >= 15 is 0 Å². The van der Waals surface area contributed by atoms with Crippen molar-refractivity contribution in [3.05, 3.63) is 63.6 Å². The van der Waals surface area contributed by atoms with E-state index in [2.05, 4.69) is 15.5 Å². The zero-order valence-electron chi connectivity index (χ0n) is 18.0. The molecule has 10 heteroatoms. The summed E-state index contributed by atoms with van der Waals surface area (Å²) in [5.74, 6) is 1.02. The molecule has 8 nitrogen and oxygen atoms in total. The van der Waals surface area contributed by atoms with Crippen molar-refractivity contribution in [3.63, 3.8) is 0 Å². The van der Waals surface area contributed by atoms with Crippen LogP contribution >= 0.6 is 22.9 Å². The third-order valence-corrected chi connectivity index (χ3v) is 5.19. The average molecular weight is 485 g/mol. The number of nitrogens with one attached hydrogen (secondary N) is 1. The molecule has 0 atom stereocenters. The minimum Gasteiger partial charge on any atom is -0.490 e. The van der Waals surface area contributed by atoms with Crippen LogP contribution in [0.1, 0.15) is 17.5 Å². The Morgan fingerprint density at radius 3 is 2.55 bits per heavy atom. The predicted octanol–water partition coefficient (Wildman–Crippen LogP) is 4.90. The first-order chi connectivity index (χ1) is 16.0. The van der Waals surface area contributed by atoms with E-state index in [1.165, 1.54) is 17.4 Å². The fourth-order valence-corrected chi connectivity index (χ4v) is 3.47. The Kier molecular flexibility index (Phi) is 8.63. The van der Waals surface area contributed by atoms with E-state index in [9.17, 15) is 10.1 Å². The van der Waals surface area contributed by atoms with Gasteiger partial charge < -0.3 is 14.2 Å². The molecule has 0 fully saturated rings. The number of rotatable bonds is 10. The van der Waals surface area contributed by atoms with Crippen LogP contribution in [0.15, 0.2) is 48.0 Å². The Labute approximate surface area is 200 Å². The molecule has 2 aromatic carbocycles. The number of carbonyl (C=O) groups excluding carboxylic acids is 1.